The highest BCUT2D eigenvalue weighted by molar-refractivity contribution is 5.97. The van der Waals surface area contributed by atoms with Crippen LogP contribution >= 0.6 is 0 Å². The van der Waals surface area contributed by atoms with Gasteiger partial charge in [0.05, 0.1) is 61.3 Å². The molecule has 0 saturated carbocycles. The molecule has 2 N–H and O–H groups in total. The molecule has 5 aliphatic heterocycles. The monoisotopic (exact) mass is 798 g/mol. The average Bonchev–Trinajstić information content (AvgIpc) is 3.45. The van der Waals surface area contributed by atoms with Crippen LogP contribution in [-0.2, 0) is 38.0 Å². The number of Topliss-reactive ketones (excluding diaryl/α,β-unsaturated/α-hetero) is 1. The highest BCUT2D eigenvalue weighted by atomic mass is 16.7. The number of nitrogens with one attached hydrogen (secondary N) is 1. The van der Waals surface area contributed by atoms with Gasteiger partial charge < -0.3 is 38.4 Å². The van der Waals surface area contributed by atoms with Crippen molar-refractivity contribution in [2.75, 3.05) is 33.9 Å². The van der Waals surface area contributed by atoms with E-state index >= 15 is 0 Å². The number of hydrogen-bond acceptors (Lipinski definition) is 13. The summed E-state index contributed by atoms with van der Waals surface area (Å²) in [6.45, 7) is 14.5. The number of rotatable bonds is 6. The number of carbonyl (C=O) groups is 4. The molecule has 0 aliphatic carbocycles. The molecule has 2 amide bonds. The molecule has 1 aromatic rings. The maximum absolute atomic E-state index is 14.8. The molecule has 5 saturated heterocycles. The third kappa shape index (κ3) is 8.38. The first-order valence-corrected chi connectivity index (χ1v) is 20.5. The second-order valence-electron chi connectivity index (χ2n) is 17.6. The Balaban J connectivity index is 1.54. The number of aliphatic hydroxyl groups is 1. The van der Waals surface area contributed by atoms with Crippen LogP contribution < -0.4 is 5.43 Å². The number of fused-ring (bicyclic) bond motifs is 5. The minimum absolute atomic E-state index is 0.0101. The zero-order chi connectivity index (χ0) is 41.6. The number of hydrogen-bond donors (Lipinski definition) is 2. The largest absolute Gasteiger partial charge is 0.458 e. The van der Waals surface area contributed by atoms with Crippen LogP contribution in [0.5, 0.6) is 0 Å². The number of amides is 2. The van der Waals surface area contributed by atoms with Crippen LogP contribution in [0.1, 0.15) is 85.0 Å². The van der Waals surface area contributed by atoms with E-state index in [-0.39, 0.29) is 44.1 Å². The van der Waals surface area contributed by atoms with Crippen molar-refractivity contribution in [3.8, 4) is 0 Å². The number of esters is 1. The lowest BCUT2D eigenvalue weighted by Crippen LogP contribution is -2.61. The van der Waals surface area contributed by atoms with Gasteiger partial charge in [-0.25, -0.2) is 10.2 Å². The molecule has 6 bridgehead atoms. The summed E-state index contributed by atoms with van der Waals surface area (Å²) in [6.07, 6.45) is -4.58. The van der Waals surface area contributed by atoms with Gasteiger partial charge in [0.15, 0.2) is 11.9 Å². The van der Waals surface area contributed by atoms with Crippen molar-refractivity contribution >= 4 is 29.5 Å². The number of ketones is 1. The second kappa shape index (κ2) is 17.0. The van der Waals surface area contributed by atoms with E-state index in [1.54, 1.807) is 51.1 Å². The van der Waals surface area contributed by atoms with E-state index in [9.17, 15) is 24.3 Å². The lowest BCUT2D eigenvalue weighted by molar-refractivity contribution is -0.302. The zero-order valence-corrected chi connectivity index (χ0v) is 35.0. The van der Waals surface area contributed by atoms with Gasteiger partial charge in [-0.3, -0.25) is 19.3 Å². The molecule has 57 heavy (non-hydrogen) atoms. The number of cyclic esters (lactones) is 1. The van der Waals surface area contributed by atoms with E-state index in [0.29, 0.717) is 24.1 Å². The molecule has 15 atom stereocenters. The summed E-state index contributed by atoms with van der Waals surface area (Å²) in [5.41, 5.74) is 0.781. The number of carbonyl (C=O) groups excluding carboxylic acids is 4. The van der Waals surface area contributed by atoms with Crippen molar-refractivity contribution in [1.29, 1.82) is 0 Å². The molecule has 1 aromatic carbocycles. The second-order valence-corrected chi connectivity index (χ2v) is 17.6. The molecular formula is C42H62N4O11. The number of likely N-dealkylation sites (N-methyl/N-ethyl adjacent to an activating group) is 1. The maximum atomic E-state index is 14.8. The van der Waals surface area contributed by atoms with Gasteiger partial charge >= 0.3 is 12.1 Å². The van der Waals surface area contributed by atoms with Crippen LogP contribution in [0.2, 0.25) is 0 Å². The summed E-state index contributed by atoms with van der Waals surface area (Å²) in [7, 11) is 3.80. The van der Waals surface area contributed by atoms with Gasteiger partial charge in [-0.05, 0) is 73.2 Å². The number of hydrazone groups is 1. The molecule has 5 fully saturated rings. The van der Waals surface area contributed by atoms with Crippen LogP contribution in [0.15, 0.2) is 35.4 Å². The van der Waals surface area contributed by atoms with Gasteiger partial charge in [-0.1, -0.05) is 45.9 Å². The van der Waals surface area contributed by atoms with Crippen LogP contribution in [0.25, 0.3) is 0 Å². The number of benzene rings is 1. The van der Waals surface area contributed by atoms with Gasteiger partial charge in [0.2, 0.25) is 0 Å². The lowest BCUT2D eigenvalue weighted by atomic mass is 9.73. The fraction of sp³-hybridized carbons (Fsp3) is 0.738. The Morgan fingerprint density at radius 1 is 1.05 bits per heavy atom. The summed E-state index contributed by atoms with van der Waals surface area (Å²) >= 11 is 0. The molecule has 5 heterocycles. The Morgan fingerprint density at radius 2 is 1.75 bits per heavy atom. The molecule has 316 valence electrons. The molecule has 0 radical (unpaired) electrons. The van der Waals surface area contributed by atoms with Crippen molar-refractivity contribution < 1.29 is 52.7 Å². The van der Waals surface area contributed by atoms with Crippen LogP contribution in [-0.4, -0.2) is 138 Å². The lowest BCUT2D eigenvalue weighted by Gasteiger charge is -2.48. The van der Waals surface area contributed by atoms with E-state index in [2.05, 4.69) is 10.5 Å². The SMILES string of the molecule is CC[C@H]1OC(=O)[C@H](C)[C@H]2OCC3COC(C)(C[C@@H](C)C(=O)[C@H](C)[C@@H]4N(C/C3=N/NC(=O)c3ccccc3)C(=O)OC41C)[C@H](O[C@@H]1O[C@H](C)C[C@H](N(C)C)[C@H]1O)[C@H]2C. The molecule has 15 heteroatoms. The Kier molecular flexibility index (Phi) is 12.9. The Morgan fingerprint density at radius 3 is 2.42 bits per heavy atom. The normalized spacial score (nSPS) is 42.5. The van der Waals surface area contributed by atoms with Crippen LogP contribution in [0.4, 0.5) is 4.79 Å². The minimum Gasteiger partial charge on any atom is -0.458 e. The summed E-state index contributed by atoms with van der Waals surface area (Å²) in [5, 5.41) is 16.3. The van der Waals surface area contributed by atoms with E-state index in [1.807, 2.05) is 53.6 Å². The first-order chi connectivity index (χ1) is 26.9. The predicted octanol–water partition coefficient (Wildman–Crippen LogP) is 3.81. The molecule has 5 aliphatic rings. The summed E-state index contributed by atoms with van der Waals surface area (Å²) in [4.78, 5) is 60.1. The fourth-order valence-electron chi connectivity index (χ4n) is 9.99. The molecular weight excluding hydrogens is 736 g/mol. The van der Waals surface area contributed by atoms with E-state index in [1.165, 1.54) is 4.90 Å². The highest BCUT2D eigenvalue weighted by Crippen LogP contribution is 2.45. The Labute approximate surface area is 336 Å². The summed E-state index contributed by atoms with van der Waals surface area (Å²) in [5.74, 6) is -4.67. The third-order valence-corrected chi connectivity index (χ3v) is 13.1. The van der Waals surface area contributed by atoms with Crippen molar-refractivity contribution in [3.05, 3.63) is 35.9 Å². The topological polar surface area (TPSA) is 175 Å². The average molecular weight is 799 g/mol. The van der Waals surface area contributed by atoms with Gasteiger partial charge in [0.1, 0.15) is 18.0 Å². The number of aliphatic hydroxyl groups excluding tert-OH is 1. The fourth-order valence-corrected chi connectivity index (χ4v) is 9.99. The minimum atomic E-state index is -1.42. The smallest absolute Gasteiger partial charge is 0.411 e. The van der Waals surface area contributed by atoms with E-state index < -0.39 is 95.5 Å². The Hall–Kier alpha value is -3.47. The highest BCUT2D eigenvalue weighted by Gasteiger charge is 2.61. The Bertz CT molecular complexity index is 1680. The van der Waals surface area contributed by atoms with Crippen molar-refractivity contribution in [2.45, 2.75) is 135 Å². The predicted molar refractivity (Wildman–Crippen MR) is 208 cm³/mol. The van der Waals surface area contributed by atoms with Crippen molar-refractivity contribution in [1.82, 2.24) is 15.2 Å². The zero-order valence-electron chi connectivity index (χ0n) is 35.0. The van der Waals surface area contributed by atoms with Crippen LogP contribution in [0.3, 0.4) is 0 Å². The summed E-state index contributed by atoms with van der Waals surface area (Å²) < 4.78 is 39.5. The summed E-state index contributed by atoms with van der Waals surface area (Å²) in [6, 6.07) is 7.50. The quantitative estimate of drug-likeness (QED) is 0.315. The standard InChI is InChI=1S/C42H62N4O11/c1-11-31-42(8)35-24(4)32(47)22(2)18-41(7)36(56-39-33(48)30(45(9)10)17-23(3)54-39)25(5)34(26(6)38(50)55-31)52-20-28(21-53-41)29(19-46(35)40(51)57-42)43-44-37(49)27-15-13-12-14-16-27/h12-16,22-26,28,30-31,33-36,39,48H,11,17-21H2,1-10H3,(H,44,49)/b43-29-/t22-,23-,24+,25+,26-,28?,30+,31-,33-,34+,35+,36-,39+,41?,42?/m1/s1. The number of nitrogens with zero attached hydrogens (tertiary/aromatic N) is 3. The van der Waals surface area contributed by atoms with Crippen molar-refractivity contribution in [2.24, 2.45) is 34.7 Å². The maximum Gasteiger partial charge on any atom is 0.411 e. The van der Waals surface area contributed by atoms with Gasteiger partial charge in [-0.15, -0.1) is 0 Å². The molecule has 6 rings (SSSR count). The molecule has 0 aromatic heterocycles. The first-order valence-electron chi connectivity index (χ1n) is 20.5. The van der Waals surface area contributed by atoms with Crippen molar-refractivity contribution in [3.63, 3.8) is 0 Å². The number of ether oxygens (including phenoxy) is 6. The molecule has 15 nitrogen and oxygen atoms in total. The molecule has 0 spiro atoms. The van der Waals surface area contributed by atoms with E-state index in [0.717, 1.165) is 0 Å². The first kappa shape index (κ1) is 43.1. The van der Waals surface area contributed by atoms with Gasteiger partial charge in [0, 0.05) is 35.3 Å². The molecule has 3 unspecified atom stereocenters. The van der Waals surface area contributed by atoms with Gasteiger partial charge in [-0.2, -0.15) is 5.10 Å². The van der Waals surface area contributed by atoms with Crippen LogP contribution in [0, 0.1) is 29.6 Å². The third-order valence-electron chi connectivity index (χ3n) is 13.1. The van der Waals surface area contributed by atoms with E-state index in [4.69, 9.17) is 28.4 Å². The van der Waals surface area contributed by atoms with Gasteiger partial charge in [0.25, 0.3) is 5.91 Å².